The van der Waals surface area contributed by atoms with Gasteiger partial charge in [-0.3, -0.25) is 4.90 Å². The number of piperazine rings is 1. The average Bonchev–Trinajstić information content (AvgIpc) is 2.72. The number of nitrogens with zero attached hydrogens (tertiary/aromatic N) is 3. The summed E-state index contributed by atoms with van der Waals surface area (Å²) in [6.45, 7) is 5.21. The van der Waals surface area contributed by atoms with Crippen LogP contribution < -0.4 is 14.5 Å². The highest BCUT2D eigenvalue weighted by molar-refractivity contribution is 5.92. The van der Waals surface area contributed by atoms with E-state index in [4.69, 9.17) is 4.74 Å². The maximum Gasteiger partial charge on any atom is 0.324 e. The van der Waals surface area contributed by atoms with Gasteiger partial charge < -0.3 is 19.6 Å². The second-order valence-corrected chi connectivity index (χ2v) is 6.62. The number of para-hydroxylation sites is 1. The topological polar surface area (TPSA) is 56.3 Å². The minimum atomic E-state index is -0.0824. The molecule has 0 atom stereocenters. The molecule has 1 fully saturated rings. The predicted molar refractivity (Wildman–Crippen MR) is 108 cm³/mol. The number of hydrogen-bond donors (Lipinski definition) is 1. The highest BCUT2D eigenvalue weighted by Gasteiger charge is 2.26. The zero-order valence-electron chi connectivity index (χ0n) is 16.0. The average molecular weight is 369 g/mol. The van der Waals surface area contributed by atoms with Crippen molar-refractivity contribution in [2.24, 2.45) is 0 Å². The number of ether oxygens (including phenoxy) is 1. The number of aliphatic hydroxyl groups is 1. The molecule has 1 N–H and O–H groups in total. The molecule has 27 heavy (non-hydrogen) atoms. The Morgan fingerprint density at radius 3 is 2.33 bits per heavy atom. The molecule has 1 saturated heterocycles. The van der Waals surface area contributed by atoms with E-state index in [1.54, 1.807) is 12.0 Å². The fourth-order valence-electron chi connectivity index (χ4n) is 3.42. The van der Waals surface area contributed by atoms with E-state index in [1.165, 1.54) is 11.3 Å². The van der Waals surface area contributed by atoms with E-state index in [-0.39, 0.29) is 19.2 Å². The molecule has 1 aliphatic rings. The number of benzene rings is 2. The molecule has 0 radical (unpaired) electrons. The molecule has 2 aromatic rings. The van der Waals surface area contributed by atoms with Crippen molar-refractivity contribution in [1.29, 1.82) is 0 Å². The van der Waals surface area contributed by atoms with Crippen LogP contribution in [0.1, 0.15) is 5.56 Å². The van der Waals surface area contributed by atoms with Crippen LogP contribution in [0.5, 0.6) is 5.75 Å². The summed E-state index contributed by atoms with van der Waals surface area (Å²) >= 11 is 0. The zero-order valence-corrected chi connectivity index (χ0v) is 16.0. The smallest absolute Gasteiger partial charge is 0.324 e. The second-order valence-electron chi connectivity index (χ2n) is 6.62. The summed E-state index contributed by atoms with van der Waals surface area (Å²) in [5, 5.41) is 9.42. The van der Waals surface area contributed by atoms with Crippen LogP contribution in [0.25, 0.3) is 0 Å². The standard InChI is InChI=1S/C21H27N3O3/c1-17-5-3-4-6-20(17)22-11-13-23(14-12-22)21(26)24(15-16-25)18-7-9-19(27-2)10-8-18/h3-10,25H,11-16H2,1-2H3. The van der Waals surface area contributed by atoms with E-state index >= 15 is 0 Å². The van der Waals surface area contributed by atoms with Crippen molar-refractivity contribution in [2.75, 3.05) is 56.2 Å². The molecule has 2 amide bonds. The molecule has 0 aromatic heterocycles. The van der Waals surface area contributed by atoms with Crippen molar-refractivity contribution in [1.82, 2.24) is 4.90 Å². The minimum Gasteiger partial charge on any atom is -0.497 e. The third kappa shape index (κ3) is 4.34. The molecule has 0 aliphatic carbocycles. The van der Waals surface area contributed by atoms with Crippen molar-refractivity contribution in [3.63, 3.8) is 0 Å². The number of rotatable bonds is 5. The largest absolute Gasteiger partial charge is 0.497 e. The first kappa shape index (κ1) is 19.0. The number of hydrogen-bond acceptors (Lipinski definition) is 4. The van der Waals surface area contributed by atoms with Gasteiger partial charge >= 0.3 is 6.03 Å². The van der Waals surface area contributed by atoms with Gasteiger partial charge in [-0.2, -0.15) is 0 Å². The van der Waals surface area contributed by atoms with Gasteiger partial charge in [0.2, 0.25) is 0 Å². The highest BCUT2D eigenvalue weighted by Crippen LogP contribution is 2.23. The number of methoxy groups -OCH3 is 1. The Morgan fingerprint density at radius 1 is 1.07 bits per heavy atom. The van der Waals surface area contributed by atoms with Crippen LogP contribution in [0, 0.1) is 6.92 Å². The quantitative estimate of drug-likeness (QED) is 0.881. The van der Waals surface area contributed by atoms with Crippen LogP contribution in [0.2, 0.25) is 0 Å². The van der Waals surface area contributed by atoms with Crippen molar-refractivity contribution in [3.8, 4) is 5.75 Å². The summed E-state index contributed by atoms with van der Waals surface area (Å²) < 4.78 is 5.18. The number of aryl methyl sites for hydroxylation is 1. The Balaban J connectivity index is 1.67. The Hall–Kier alpha value is -2.73. The molecule has 0 saturated carbocycles. The maximum absolute atomic E-state index is 13.0. The summed E-state index contributed by atoms with van der Waals surface area (Å²) in [6, 6.07) is 15.6. The van der Waals surface area contributed by atoms with Crippen molar-refractivity contribution in [3.05, 3.63) is 54.1 Å². The fourth-order valence-corrected chi connectivity index (χ4v) is 3.42. The molecule has 2 aromatic carbocycles. The Kier molecular flexibility index (Phi) is 6.19. The molecule has 6 nitrogen and oxygen atoms in total. The van der Waals surface area contributed by atoms with E-state index in [9.17, 15) is 9.90 Å². The minimum absolute atomic E-state index is 0.0707. The fraction of sp³-hybridized carbons (Fsp3) is 0.381. The Morgan fingerprint density at radius 2 is 1.74 bits per heavy atom. The van der Waals surface area contributed by atoms with Gasteiger partial charge in [0.05, 0.1) is 20.3 Å². The van der Waals surface area contributed by atoms with Gasteiger partial charge in [-0.05, 0) is 42.8 Å². The molecular weight excluding hydrogens is 342 g/mol. The molecule has 144 valence electrons. The monoisotopic (exact) mass is 369 g/mol. The van der Waals surface area contributed by atoms with Gasteiger partial charge in [-0.25, -0.2) is 4.79 Å². The Labute approximate surface area is 160 Å². The van der Waals surface area contributed by atoms with Crippen LogP contribution >= 0.6 is 0 Å². The maximum atomic E-state index is 13.0. The van der Waals surface area contributed by atoms with Gasteiger partial charge in [-0.15, -0.1) is 0 Å². The number of carbonyl (C=O) groups excluding carboxylic acids is 1. The lowest BCUT2D eigenvalue weighted by atomic mass is 10.1. The molecule has 1 aliphatic heterocycles. The number of amides is 2. The zero-order chi connectivity index (χ0) is 19.2. The van der Waals surface area contributed by atoms with E-state index in [0.717, 1.165) is 24.5 Å². The van der Waals surface area contributed by atoms with E-state index < -0.39 is 0 Å². The van der Waals surface area contributed by atoms with Crippen LogP contribution in [0.3, 0.4) is 0 Å². The van der Waals surface area contributed by atoms with E-state index in [0.29, 0.717) is 13.1 Å². The Bertz CT molecular complexity index is 756. The van der Waals surface area contributed by atoms with Crippen molar-refractivity contribution < 1.29 is 14.6 Å². The molecule has 6 heteroatoms. The summed E-state index contributed by atoms with van der Waals surface area (Å²) in [6.07, 6.45) is 0. The summed E-state index contributed by atoms with van der Waals surface area (Å²) in [5.74, 6) is 0.738. The molecular formula is C21H27N3O3. The van der Waals surface area contributed by atoms with Gasteiger partial charge in [0, 0.05) is 37.6 Å². The number of carbonyl (C=O) groups is 1. The van der Waals surface area contributed by atoms with Crippen LogP contribution in [-0.4, -0.2) is 62.5 Å². The first-order valence-corrected chi connectivity index (χ1v) is 9.26. The number of anilines is 2. The van der Waals surface area contributed by atoms with Gasteiger partial charge in [0.25, 0.3) is 0 Å². The van der Waals surface area contributed by atoms with Crippen LogP contribution in [0.15, 0.2) is 48.5 Å². The van der Waals surface area contributed by atoms with Gasteiger partial charge in [0.15, 0.2) is 0 Å². The summed E-state index contributed by atoms with van der Waals surface area (Å²) in [5.41, 5.74) is 3.24. The number of urea groups is 1. The van der Waals surface area contributed by atoms with Crippen LogP contribution in [0.4, 0.5) is 16.2 Å². The van der Waals surface area contributed by atoms with Gasteiger partial charge in [-0.1, -0.05) is 18.2 Å². The number of aliphatic hydroxyl groups excluding tert-OH is 1. The predicted octanol–water partition coefficient (Wildman–Crippen LogP) is 2.74. The highest BCUT2D eigenvalue weighted by atomic mass is 16.5. The lowest BCUT2D eigenvalue weighted by molar-refractivity contribution is 0.198. The third-order valence-electron chi connectivity index (χ3n) is 4.94. The molecule has 0 spiro atoms. The lowest BCUT2D eigenvalue weighted by Gasteiger charge is -2.39. The van der Waals surface area contributed by atoms with Gasteiger partial charge in [0.1, 0.15) is 5.75 Å². The third-order valence-corrected chi connectivity index (χ3v) is 4.94. The first-order chi connectivity index (χ1) is 13.1. The van der Waals surface area contributed by atoms with E-state index in [1.807, 2.05) is 41.3 Å². The second kappa shape index (κ2) is 8.77. The molecule has 1 heterocycles. The van der Waals surface area contributed by atoms with Crippen molar-refractivity contribution >= 4 is 17.4 Å². The lowest BCUT2D eigenvalue weighted by Crippen LogP contribution is -2.53. The SMILES string of the molecule is COc1ccc(N(CCO)C(=O)N2CCN(c3ccccc3C)CC2)cc1. The summed E-state index contributed by atoms with van der Waals surface area (Å²) in [4.78, 5) is 18.9. The molecule has 0 unspecified atom stereocenters. The van der Waals surface area contributed by atoms with Crippen molar-refractivity contribution in [2.45, 2.75) is 6.92 Å². The van der Waals surface area contributed by atoms with E-state index in [2.05, 4.69) is 24.0 Å². The normalized spacial score (nSPS) is 14.2. The first-order valence-electron chi connectivity index (χ1n) is 9.26. The summed E-state index contributed by atoms with van der Waals surface area (Å²) in [7, 11) is 1.61. The molecule has 3 rings (SSSR count). The molecule has 0 bridgehead atoms. The van der Waals surface area contributed by atoms with Crippen LogP contribution in [-0.2, 0) is 0 Å².